The van der Waals surface area contributed by atoms with Gasteiger partial charge in [0.2, 0.25) is 5.11 Å². The summed E-state index contributed by atoms with van der Waals surface area (Å²) in [5.41, 5.74) is 1.06. The summed E-state index contributed by atoms with van der Waals surface area (Å²) in [4.78, 5) is 18.1. The molecule has 1 aromatic rings. The largest absolute Gasteiger partial charge is 0.467 e. The van der Waals surface area contributed by atoms with Gasteiger partial charge in [0, 0.05) is 0 Å². The zero-order valence-electron chi connectivity index (χ0n) is 9.75. The van der Waals surface area contributed by atoms with Crippen molar-refractivity contribution in [3.8, 4) is 0 Å². The second-order valence-electron chi connectivity index (χ2n) is 4.13. The monoisotopic (exact) mass is 292 g/mol. The number of alkyl halides is 1. The number of rotatable bonds is 2. The molecule has 0 bridgehead atoms. The predicted octanol–water partition coefficient (Wildman–Crippen LogP) is 2.45. The molecule has 1 amide bonds. The highest BCUT2D eigenvalue weighted by Crippen LogP contribution is 2.22. The lowest BCUT2D eigenvalue weighted by molar-refractivity contribution is -0.123. The van der Waals surface area contributed by atoms with Crippen LogP contribution in [0.2, 0.25) is 0 Å². The number of carbonyl (C=O) groups is 1. The Morgan fingerprint density at radius 1 is 1.53 bits per heavy atom. The second kappa shape index (κ2) is 4.75. The van der Waals surface area contributed by atoms with Gasteiger partial charge in [-0.25, -0.2) is 4.99 Å². The van der Waals surface area contributed by atoms with Crippen molar-refractivity contribution in [1.82, 2.24) is 4.90 Å². The van der Waals surface area contributed by atoms with E-state index in [0.29, 0.717) is 17.0 Å². The zero-order chi connectivity index (χ0) is 13.4. The Hall–Kier alpha value is -1.72. The molecule has 2 heterocycles. The van der Waals surface area contributed by atoms with Gasteiger partial charge in [-0.1, -0.05) is 6.08 Å². The van der Waals surface area contributed by atoms with Crippen LogP contribution in [0, 0.1) is 0 Å². The average Bonchev–Trinajstić information content (AvgIpc) is 2.89. The molecule has 1 atom stereocenters. The highest BCUT2D eigenvalue weighted by atomic mass is 35.5. The number of allylic oxidation sites excluding steroid dienone is 3. The van der Waals surface area contributed by atoms with E-state index in [0.717, 1.165) is 0 Å². The first-order valence-corrected chi connectivity index (χ1v) is 6.51. The van der Waals surface area contributed by atoms with E-state index in [1.807, 2.05) is 0 Å². The molecule has 2 aliphatic rings. The van der Waals surface area contributed by atoms with E-state index in [4.69, 9.17) is 28.2 Å². The number of hydrogen-bond acceptors (Lipinski definition) is 3. The van der Waals surface area contributed by atoms with Crippen LogP contribution in [0.1, 0.15) is 5.76 Å². The summed E-state index contributed by atoms with van der Waals surface area (Å²) in [6.45, 7) is 0.273. The molecule has 1 aliphatic carbocycles. The number of carbonyl (C=O) groups excluding carboxylic acids is 1. The molecule has 1 aliphatic heterocycles. The van der Waals surface area contributed by atoms with Gasteiger partial charge in [-0.3, -0.25) is 9.69 Å². The fraction of sp³-hybridized carbons (Fsp3) is 0.154. The molecule has 1 unspecified atom stereocenters. The summed E-state index contributed by atoms with van der Waals surface area (Å²) >= 11 is 11.1. The molecule has 6 heteroatoms. The van der Waals surface area contributed by atoms with E-state index >= 15 is 0 Å². The van der Waals surface area contributed by atoms with Crippen LogP contribution in [-0.4, -0.2) is 27.0 Å². The van der Waals surface area contributed by atoms with Crippen LogP contribution in [0.5, 0.6) is 0 Å². The lowest BCUT2D eigenvalue weighted by Crippen LogP contribution is -2.41. The number of aliphatic imine (C=N–C) groups is 1. The maximum Gasteiger partial charge on any atom is 0.262 e. The van der Waals surface area contributed by atoms with Crippen LogP contribution in [0.25, 0.3) is 0 Å². The van der Waals surface area contributed by atoms with Crippen LogP contribution < -0.4 is 0 Å². The SMILES string of the molecule is O=C1C2=CC(Cl)C=CC2=NC(=S)N1Cc1ccco1. The standard InChI is InChI=1S/C13H9ClN2O2S/c14-8-3-4-11-10(6-8)12(17)16(13(19)15-11)7-9-2-1-5-18-9/h1-6,8H,7H2. The Morgan fingerprint density at radius 3 is 3.11 bits per heavy atom. The highest BCUT2D eigenvalue weighted by Gasteiger charge is 2.31. The Kier molecular flexibility index (Phi) is 3.08. The Morgan fingerprint density at radius 2 is 2.37 bits per heavy atom. The molecular formula is C13H9ClN2O2S. The zero-order valence-corrected chi connectivity index (χ0v) is 11.3. The van der Waals surface area contributed by atoms with Crippen LogP contribution in [0.15, 0.2) is 51.6 Å². The minimum Gasteiger partial charge on any atom is -0.467 e. The minimum absolute atomic E-state index is 0.193. The van der Waals surface area contributed by atoms with Crippen molar-refractivity contribution < 1.29 is 9.21 Å². The van der Waals surface area contributed by atoms with Gasteiger partial charge in [0.1, 0.15) is 5.76 Å². The van der Waals surface area contributed by atoms with E-state index in [1.165, 1.54) is 4.90 Å². The van der Waals surface area contributed by atoms with E-state index in [9.17, 15) is 4.79 Å². The maximum atomic E-state index is 12.4. The van der Waals surface area contributed by atoms with Crippen molar-refractivity contribution in [3.63, 3.8) is 0 Å². The number of hydrogen-bond donors (Lipinski definition) is 0. The van der Waals surface area contributed by atoms with Crippen molar-refractivity contribution in [2.24, 2.45) is 4.99 Å². The average molecular weight is 293 g/mol. The summed E-state index contributed by atoms with van der Waals surface area (Å²) in [7, 11) is 0. The maximum absolute atomic E-state index is 12.4. The molecule has 0 saturated carbocycles. The summed E-state index contributed by atoms with van der Waals surface area (Å²) < 4.78 is 5.23. The van der Waals surface area contributed by atoms with Crippen LogP contribution in [0.3, 0.4) is 0 Å². The molecule has 0 spiro atoms. The normalized spacial score (nSPS) is 22.2. The Bertz CT molecular complexity index is 631. The van der Waals surface area contributed by atoms with E-state index in [2.05, 4.69) is 4.99 Å². The van der Waals surface area contributed by atoms with Gasteiger partial charge < -0.3 is 4.42 Å². The van der Waals surface area contributed by atoms with Gasteiger partial charge in [-0.15, -0.1) is 11.6 Å². The van der Waals surface area contributed by atoms with Gasteiger partial charge >= 0.3 is 0 Å². The summed E-state index contributed by atoms with van der Waals surface area (Å²) in [5.74, 6) is 0.463. The van der Waals surface area contributed by atoms with Crippen LogP contribution >= 0.6 is 23.8 Å². The van der Waals surface area contributed by atoms with Crippen molar-refractivity contribution in [3.05, 3.63) is 48.0 Å². The Labute approximate surface area is 120 Å². The summed E-state index contributed by atoms with van der Waals surface area (Å²) in [5, 5.41) is -0.0544. The smallest absolute Gasteiger partial charge is 0.262 e. The highest BCUT2D eigenvalue weighted by molar-refractivity contribution is 7.80. The second-order valence-corrected chi connectivity index (χ2v) is 5.00. The third-order valence-electron chi connectivity index (χ3n) is 2.86. The van der Waals surface area contributed by atoms with E-state index < -0.39 is 0 Å². The van der Waals surface area contributed by atoms with Crippen molar-refractivity contribution in [2.75, 3.05) is 0 Å². The molecule has 1 aromatic heterocycles. The van der Waals surface area contributed by atoms with Gasteiger partial charge in [0.25, 0.3) is 5.91 Å². The lowest BCUT2D eigenvalue weighted by atomic mass is 10.0. The number of fused-ring (bicyclic) bond motifs is 1. The summed E-state index contributed by atoms with van der Waals surface area (Å²) in [6.07, 6.45) is 6.72. The molecule has 0 N–H and O–H groups in total. The van der Waals surface area contributed by atoms with Crippen molar-refractivity contribution in [2.45, 2.75) is 11.9 Å². The topological polar surface area (TPSA) is 45.8 Å². The quantitative estimate of drug-likeness (QED) is 0.621. The van der Waals surface area contributed by atoms with E-state index in [1.54, 1.807) is 36.6 Å². The molecule has 96 valence electrons. The number of halogens is 1. The van der Waals surface area contributed by atoms with Crippen molar-refractivity contribution >= 4 is 40.6 Å². The number of amides is 1. The fourth-order valence-corrected chi connectivity index (χ4v) is 2.39. The molecule has 19 heavy (non-hydrogen) atoms. The first-order valence-electron chi connectivity index (χ1n) is 5.66. The number of thiocarbonyl (C=S) groups is 1. The lowest BCUT2D eigenvalue weighted by Gasteiger charge is -2.27. The van der Waals surface area contributed by atoms with Gasteiger partial charge in [-0.2, -0.15) is 0 Å². The van der Waals surface area contributed by atoms with Gasteiger partial charge in [0.15, 0.2) is 0 Å². The molecular weight excluding hydrogens is 284 g/mol. The first kappa shape index (κ1) is 12.3. The fourth-order valence-electron chi connectivity index (χ4n) is 1.94. The first-order chi connectivity index (χ1) is 9.15. The molecule has 4 nitrogen and oxygen atoms in total. The molecule has 0 saturated heterocycles. The Balaban J connectivity index is 1.94. The molecule has 3 rings (SSSR count). The number of furan rings is 1. The molecule has 0 fully saturated rings. The summed E-state index contributed by atoms with van der Waals surface area (Å²) in [6, 6.07) is 3.55. The third-order valence-corrected chi connectivity index (χ3v) is 3.44. The van der Waals surface area contributed by atoms with Crippen LogP contribution in [-0.2, 0) is 11.3 Å². The molecule has 0 aromatic carbocycles. The van der Waals surface area contributed by atoms with Crippen molar-refractivity contribution in [1.29, 1.82) is 0 Å². The molecule has 0 radical (unpaired) electrons. The minimum atomic E-state index is -0.296. The predicted molar refractivity (Wildman–Crippen MR) is 76.2 cm³/mol. The third kappa shape index (κ3) is 2.27. The van der Waals surface area contributed by atoms with E-state index in [-0.39, 0.29) is 22.9 Å². The van der Waals surface area contributed by atoms with Gasteiger partial charge in [0.05, 0.1) is 29.5 Å². The van der Waals surface area contributed by atoms with Gasteiger partial charge in [-0.05, 0) is 36.5 Å². The van der Waals surface area contributed by atoms with Crippen LogP contribution in [0.4, 0.5) is 0 Å². The number of nitrogens with zero attached hydrogens (tertiary/aromatic N) is 2.